The van der Waals surface area contributed by atoms with Gasteiger partial charge in [0.05, 0.1) is 5.69 Å². The van der Waals surface area contributed by atoms with Crippen LogP contribution in [-0.4, -0.2) is 15.8 Å². The molecular weight excluding hydrogens is 210 g/mol. The highest BCUT2D eigenvalue weighted by molar-refractivity contribution is 5.10. The van der Waals surface area contributed by atoms with Crippen LogP contribution in [0.25, 0.3) is 0 Å². The molecule has 3 heteroatoms. The van der Waals surface area contributed by atoms with Gasteiger partial charge in [-0.25, -0.2) is 0 Å². The van der Waals surface area contributed by atoms with Gasteiger partial charge >= 0.3 is 0 Å². The van der Waals surface area contributed by atoms with Gasteiger partial charge in [-0.1, -0.05) is 25.7 Å². The lowest BCUT2D eigenvalue weighted by molar-refractivity contribution is 0.367. The van der Waals surface area contributed by atoms with Crippen molar-refractivity contribution in [2.45, 2.75) is 57.9 Å². The predicted molar refractivity (Wildman–Crippen MR) is 70.8 cm³/mol. The van der Waals surface area contributed by atoms with Gasteiger partial charge in [-0.3, -0.25) is 4.68 Å². The third-order valence-corrected chi connectivity index (χ3v) is 4.05. The Labute approximate surface area is 104 Å². The van der Waals surface area contributed by atoms with Crippen molar-refractivity contribution >= 4 is 0 Å². The fourth-order valence-electron chi connectivity index (χ4n) is 3.00. The van der Waals surface area contributed by atoms with Crippen LogP contribution in [0.1, 0.15) is 49.9 Å². The van der Waals surface area contributed by atoms with Crippen molar-refractivity contribution in [3.05, 3.63) is 17.5 Å². The summed E-state index contributed by atoms with van der Waals surface area (Å²) >= 11 is 0. The fourth-order valence-corrected chi connectivity index (χ4v) is 3.00. The fraction of sp³-hybridized carbons (Fsp3) is 0.786. The molecule has 1 atom stereocenters. The maximum absolute atomic E-state index is 6.39. The van der Waals surface area contributed by atoms with Gasteiger partial charge in [-0.05, 0) is 31.7 Å². The predicted octanol–water partition coefficient (Wildman–Crippen LogP) is 2.57. The van der Waals surface area contributed by atoms with Crippen LogP contribution < -0.4 is 5.73 Å². The summed E-state index contributed by atoms with van der Waals surface area (Å²) in [5.74, 6) is 0.715. The van der Waals surface area contributed by atoms with Gasteiger partial charge in [0, 0.05) is 25.2 Å². The number of hydrogen-bond acceptors (Lipinski definition) is 2. The van der Waals surface area contributed by atoms with Crippen molar-refractivity contribution in [1.82, 2.24) is 9.78 Å². The molecule has 1 aromatic rings. The maximum Gasteiger partial charge on any atom is 0.0596 e. The van der Waals surface area contributed by atoms with E-state index in [4.69, 9.17) is 5.73 Å². The van der Waals surface area contributed by atoms with E-state index in [0.717, 1.165) is 12.1 Å². The van der Waals surface area contributed by atoms with Crippen molar-refractivity contribution in [3.8, 4) is 0 Å². The van der Waals surface area contributed by atoms with Crippen molar-refractivity contribution in [1.29, 1.82) is 0 Å². The SMILES string of the molecule is Cc1cc(CC(N)C2CCCCCC2)n(C)n1. The normalized spacial score (nSPS) is 20.2. The van der Waals surface area contributed by atoms with E-state index in [1.807, 2.05) is 18.7 Å². The second-order valence-electron chi connectivity index (χ2n) is 5.52. The van der Waals surface area contributed by atoms with E-state index < -0.39 is 0 Å². The largest absolute Gasteiger partial charge is 0.327 e. The lowest BCUT2D eigenvalue weighted by Gasteiger charge is -2.22. The number of rotatable bonds is 3. The molecule has 1 aliphatic carbocycles. The van der Waals surface area contributed by atoms with Crippen LogP contribution in [0.3, 0.4) is 0 Å². The molecule has 17 heavy (non-hydrogen) atoms. The molecule has 0 bridgehead atoms. The molecule has 1 unspecified atom stereocenters. The highest BCUT2D eigenvalue weighted by Crippen LogP contribution is 2.26. The Morgan fingerprint density at radius 1 is 1.35 bits per heavy atom. The first-order valence-corrected chi connectivity index (χ1v) is 6.92. The third-order valence-electron chi connectivity index (χ3n) is 4.05. The molecule has 0 amide bonds. The zero-order chi connectivity index (χ0) is 12.3. The maximum atomic E-state index is 6.39. The van der Waals surface area contributed by atoms with Crippen LogP contribution in [0, 0.1) is 12.8 Å². The molecule has 1 heterocycles. The van der Waals surface area contributed by atoms with Gasteiger partial charge in [0.1, 0.15) is 0 Å². The highest BCUT2D eigenvalue weighted by Gasteiger charge is 2.20. The Morgan fingerprint density at radius 2 is 2.00 bits per heavy atom. The van der Waals surface area contributed by atoms with Crippen LogP contribution in [0.2, 0.25) is 0 Å². The molecule has 0 aliphatic heterocycles. The molecule has 1 aliphatic rings. The van der Waals surface area contributed by atoms with Crippen LogP contribution in [0.15, 0.2) is 6.07 Å². The van der Waals surface area contributed by atoms with Gasteiger partial charge < -0.3 is 5.73 Å². The lowest BCUT2D eigenvalue weighted by Crippen LogP contribution is -2.32. The van der Waals surface area contributed by atoms with Crippen molar-refractivity contribution < 1.29 is 0 Å². The summed E-state index contributed by atoms with van der Waals surface area (Å²) in [6, 6.07) is 2.47. The molecule has 0 saturated heterocycles. The van der Waals surface area contributed by atoms with Crippen LogP contribution in [0.5, 0.6) is 0 Å². The second-order valence-corrected chi connectivity index (χ2v) is 5.52. The Hall–Kier alpha value is -0.830. The van der Waals surface area contributed by atoms with Gasteiger partial charge in [0.15, 0.2) is 0 Å². The summed E-state index contributed by atoms with van der Waals surface area (Å²) in [7, 11) is 2.02. The van der Waals surface area contributed by atoms with E-state index in [-0.39, 0.29) is 0 Å². The number of nitrogens with zero attached hydrogens (tertiary/aromatic N) is 2. The van der Waals surface area contributed by atoms with Crippen molar-refractivity contribution in [3.63, 3.8) is 0 Å². The molecule has 3 nitrogen and oxygen atoms in total. The number of nitrogens with two attached hydrogens (primary N) is 1. The van der Waals surface area contributed by atoms with Crippen molar-refractivity contribution in [2.75, 3.05) is 0 Å². The zero-order valence-electron chi connectivity index (χ0n) is 11.2. The summed E-state index contributed by atoms with van der Waals surface area (Å²) in [5, 5.41) is 4.39. The third kappa shape index (κ3) is 3.32. The Morgan fingerprint density at radius 3 is 2.53 bits per heavy atom. The van der Waals surface area contributed by atoms with E-state index in [2.05, 4.69) is 11.2 Å². The summed E-state index contributed by atoms with van der Waals surface area (Å²) in [5.41, 5.74) is 8.76. The number of hydrogen-bond donors (Lipinski definition) is 1. The average Bonchev–Trinajstić information content (AvgIpc) is 2.54. The van der Waals surface area contributed by atoms with Crippen LogP contribution in [-0.2, 0) is 13.5 Å². The van der Waals surface area contributed by atoms with E-state index in [9.17, 15) is 0 Å². The van der Waals surface area contributed by atoms with Crippen molar-refractivity contribution in [2.24, 2.45) is 18.7 Å². The lowest BCUT2D eigenvalue weighted by atomic mass is 9.89. The van der Waals surface area contributed by atoms with Gasteiger partial charge in [-0.15, -0.1) is 0 Å². The van der Waals surface area contributed by atoms with E-state index >= 15 is 0 Å². The first-order chi connectivity index (χ1) is 8.16. The molecule has 2 N–H and O–H groups in total. The molecule has 2 rings (SSSR count). The van der Waals surface area contributed by atoms with Gasteiger partial charge in [0.25, 0.3) is 0 Å². The topological polar surface area (TPSA) is 43.8 Å². The monoisotopic (exact) mass is 235 g/mol. The minimum Gasteiger partial charge on any atom is -0.327 e. The van der Waals surface area contributed by atoms with E-state index in [1.165, 1.54) is 44.2 Å². The molecule has 1 fully saturated rings. The first-order valence-electron chi connectivity index (χ1n) is 6.92. The van der Waals surface area contributed by atoms with Gasteiger partial charge in [-0.2, -0.15) is 5.10 Å². The van der Waals surface area contributed by atoms with Crippen LogP contribution >= 0.6 is 0 Å². The average molecular weight is 235 g/mol. The minimum absolute atomic E-state index is 0.308. The highest BCUT2D eigenvalue weighted by atomic mass is 15.3. The van der Waals surface area contributed by atoms with E-state index in [1.54, 1.807) is 0 Å². The molecule has 96 valence electrons. The van der Waals surface area contributed by atoms with Gasteiger partial charge in [0.2, 0.25) is 0 Å². The number of aryl methyl sites for hydroxylation is 2. The Balaban J connectivity index is 1.95. The zero-order valence-corrected chi connectivity index (χ0v) is 11.2. The smallest absolute Gasteiger partial charge is 0.0596 e. The second kappa shape index (κ2) is 5.67. The quantitative estimate of drug-likeness (QED) is 0.818. The Bertz CT molecular complexity index is 348. The number of aromatic nitrogens is 2. The molecular formula is C14H25N3. The molecule has 0 aromatic carbocycles. The summed E-state index contributed by atoms with van der Waals surface area (Å²) in [6.45, 7) is 2.04. The van der Waals surface area contributed by atoms with E-state index in [0.29, 0.717) is 12.0 Å². The molecule has 1 saturated carbocycles. The van der Waals surface area contributed by atoms with Crippen LogP contribution in [0.4, 0.5) is 0 Å². The standard InChI is InChI=1S/C14H25N3/c1-11-9-13(17(2)16-11)10-14(15)12-7-5-3-4-6-8-12/h9,12,14H,3-8,10,15H2,1-2H3. The molecule has 1 aromatic heterocycles. The summed E-state index contributed by atoms with van der Waals surface area (Å²) < 4.78 is 1.98. The summed E-state index contributed by atoms with van der Waals surface area (Å²) in [4.78, 5) is 0. The summed E-state index contributed by atoms with van der Waals surface area (Å²) in [6.07, 6.45) is 9.13. The minimum atomic E-state index is 0.308. The Kier molecular flexibility index (Phi) is 4.21. The molecule has 0 spiro atoms. The first kappa shape index (κ1) is 12.6. The molecule has 0 radical (unpaired) electrons.